The van der Waals surface area contributed by atoms with Gasteiger partial charge in [0, 0.05) is 41.5 Å². The average Bonchev–Trinajstić information content (AvgIpc) is 2.78. The maximum Gasteiger partial charge on any atom is 0.295 e. The van der Waals surface area contributed by atoms with Crippen molar-refractivity contribution in [1.29, 1.82) is 0 Å². The van der Waals surface area contributed by atoms with Gasteiger partial charge in [-0.1, -0.05) is 24.3 Å². The van der Waals surface area contributed by atoms with Gasteiger partial charge in [0.15, 0.2) is 0 Å². The number of nitro groups is 1. The third kappa shape index (κ3) is 2.61. The highest BCUT2D eigenvalue weighted by Gasteiger charge is 2.14. The molecule has 0 aliphatic carbocycles. The molecular weight excluding hydrogens is 290 g/mol. The van der Waals surface area contributed by atoms with Crippen LogP contribution in [0, 0.1) is 24.0 Å². The number of benzene rings is 2. The molecule has 3 aromatic rings. The SMILES string of the molecule is Cc1ccc(N=Cc2c(C)n(C)c3ccccc23)c([N+](=O)[O-])c1. The number of hydrogen-bond donors (Lipinski definition) is 0. The van der Waals surface area contributed by atoms with Crippen LogP contribution >= 0.6 is 0 Å². The fraction of sp³-hybridized carbons (Fsp3) is 0.167. The monoisotopic (exact) mass is 307 g/mol. The predicted molar refractivity (Wildman–Crippen MR) is 92.7 cm³/mol. The van der Waals surface area contributed by atoms with E-state index in [1.165, 1.54) is 0 Å². The molecule has 1 heterocycles. The molecule has 2 aromatic carbocycles. The van der Waals surface area contributed by atoms with Gasteiger partial charge in [-0.05, 0) is 31.5 Å². The first-order chi connectivity index (χ1) is 11.0. The molecule has 0 radical (unpaired) electrons. The van der Waals surface area contributed by atoms with Gasteiger partial charge < -0.3 is 4.57 Å². The summed E-state index contributed by atoms with van der Waals surface area (Å²) in [6.45, 7) is 3.85. The Morgan fingerprint density at radius 2 is 1.91 bits per heavy atom. The number of rotatable bonds is 3. The second kappa shape index (κ2) is 5.68. The van der Waals surface area contributed by atoms with E-state index in [1.807, 2.05) is 51.2 Å². The van der Waals surface area contributed by atoms with Gasteiger partial charge in [-0.25, -0.2) is 4.99 Å². The zero-order valence-corrected chi connectivity index (χ0v) is 13.3. The van der Waals surface area contributed by atoms with Gasteiger partial charge in [0.2, 0.25) is 0 Å². The molecule has 23 heavy (non-hydrogen) atoms. The summed E-state index contributed by atoms with van der Waals surface area (Å²) in [5.41, 5.74) is 4.41. The molecular formula is C18H17N3O2. The van der Waals surface area contributed by atoms with E-state index in [1.54, 1.807) is 18.3 Å². The molecule has 0 amide bonds. The molecule has 1 aromatic heterocycles. The van der Waals surface area contributed by atoms with Gasteiger partial charge >= 0.3 is 0 Å². The first-order valence-electron chi connectivity index (χ1n) is 7.32. The minimum atomic E-state index is -0.393. The summed E-state index contributed by atoms with van der Waals surface area (Å²) in [6, 6.07) is 13.1. The minimum Gasteiger partial charge on any atom is -0.347 e. The summed E-state index contributed by atoms with van der Waals surface area (Å²) < 4.78 is 2.10. The summed E-state index contributed by atoms with van der Waals surface area (Å²) in [5, 5.41) is 12.3. The number of fused-ring (bicyclic) bond motifs is 1. The van der Waals surface area contributed by atoms with Crippen LogP contribution in [0.5, 0.6) is 0 Å². The lowest BCUT2D eigenvalue weighted by Gasteiger charge is -2.00. The quantitative estimate of drug-likeness (QED) is 0.407. The van der Waals surface area contributed by atoms with E-state index in [9.17, 15) is 10.1 Å². The molecule has 5 heteroatoms. The fourth-order valence-corrected chi connectivity index (χ4v) is 2.74. The molecule has 0 aliphatic rings. The highest BCUT2D eigenvalue weighted by molar-refractivity contribution is 6.02. The molecule has 0 unspecified atom stereocenters. The number of nitrogens with zero attached hydrogens (tertiary/aromatic N) is 3. The van der Waals surface area contributed by atoms with Gasteiger partial charge in [-0.3, -0.25) is 10.1 Å². The maximum absolute atomic E-state index is 11.2. The Kier molecular flexibility index (Phi) is 3.70. The molecule has 0 bridgehead atoms. The Morgan fingerprint density at radius 1 is 1.17 bits per heavy atom. The van der Waals surface area contributed by atoms with Crippen LogP contribution in [-0.2, 0) is 7.05 Å². The molecule has 116 valence electrons. The normalized spacial score (nSPS) is 11.4. The van der Waals surface area contributed by atoms with Crippen LogP contribution < -0.4 is 0 Å². The van der Waals surface area contributed by atoms with Crippen molar-refractivity contribution in [3.05, 3.63) is 69.4 Å². The topological polar surface area (TPSA) is 60.4 Å². The summed E-state index contributed by atoms with van der Waals surface area (Å²) in [7, 11) is 2.00. The van der Waals surface area contributed by atoms with Gasteiger partial charge in [-0.15, -0.1) is 0 Å². The first-order valence-corrected chi connectivity index (χ1v) is 7.32. The van der Waals surface area contributed by atoms with Gasteiger partial charge in [0.05, 0.1) is 4.92 Å². The van der Waals surface area contributed by atoms with E-state index in [4.69, 9.17) is 0 Å². The van der Waals surface area contributed by atoms with Gasteiger partial charge in [-0.2, -0.15) is 0 Å². The number of nitro benzene ring substituents is 1. The Bertz CT molecular complexity index is 939. The first kappa shape index (κ1) is 15.0. The molecule has 0 spiro atoms. The third-order valence-corrected chi connectivity index (χ3v) is 4.11. The second-order valence-corrected chi connectivity index (χ2v) is 5.58. The molecule has 0 atom stereocenters. The molecule has 0 saturated carbocycles. The lowest BCUT2D eigenvalue weighted by Crippen LogP contribution is -1.92. The van der Waals surface area contributed by atoms with E-state index in [-0.39, 0.29) is 5.69 Å². The largest absolute Gasteiger partial charge is 0.347 e. The fourth-order valence-electron chi connectivity index (χ4n) is 2.74. The van der Waals surface area contributed by atoms with Crippen LogP contribution in [0.15, 0.2) is 47.5 Å². The van der Waals surface area contributed by atoms with Crippen LogP contribution in [0.4, 0.5) is 11.4 Å². The molecule has 3 rings (SSSR count). The smallest absolute Gasteiger partial charge is 0.295 e. The van der Waals surface area contributed by atoms with Crippen molar-refractivity contribution in [1.82, 2.24) is 4.57 Å². The van der Waals surface area contributed by atoms with E-state index < -0.39 is 4.92 Å². The van der Waals surface area contributed by atoms with Crippen molar-refractivity contribution >= 4 is 28.5 Å². The number of para-hydroxylation sites is 1. The van der Waals surface area contributed by atoms with Gasteiger partial charge in [0.25, 0.3) is 5.69 Å². The number of aryl methyl sites for hydroxylation is 2. The summed E-state index contributed by atoms with van der Waals surface area (Å²) in [4.78, 5) is 15.2. The Hall–Kier alpha value is -2.95. The van der Waals surface area contributed by atoms with Crippen LogP contribution in [0.25, 0.3) is 10.9 Å². The van der Waals surface area contributed by atoms with Crippen LogP contribution in [0.1, 0.15) is 16.8 Å². The number of aliphatic imine (C=N–C) groups is 1. The van der Waals surface area contributed by atoms with Crippen molar-refractivity contribution in [2.24, 2.45) is 12.0 Å². The Balaban J connectivity index is 2.12. The predicted octanol–water partition coefficient (Wildman–Crippen LogP) is 4.45. The van der Waals surface area contributed by atoms with Crippen LogP contribution in [0.3, 0.4) is 0 Å². The summed E-state index contributed by atoms with van der Waals surface area (Å²) in [6.07, 6.45) is 1.72. The van der Waals surface area contributed by atoms with Crippen molar-refractivity contribution in [3.8, 4) is 0 Å². The zero-order chi connectivity index (χ0) is 16.6. The molecule has 0 aliphatic heterocycles. The van der Waals surface area contributed by atoms with Crippen molar-refractivity contribution < 1.29 is 4.92 Å². The van der Waals surface area contributed by atoms with Gasteiger partial charge in [0.1, 0.15) is 5.69 Å². The Morgan fingerprint density at radius 3 is 2.65 bits per heavy atom. The van der Waals surface area contributed by atoms with Crippen LogP contribution in [-0.4, -0.2) is 15.7 Å². The molecule has 0 fully saturated rings. The van der Waals surface area contributed by atoms with E-state index in [2.05, 4.69) is 9.56 Å². The number of aromatic nitrogens is 1. The third-order valence-electron chi connectivity index (χ3n) is 4.11. The van der Waals surface area contributed by atoms with Crippen molar-refractivity contribution in [3.63, 3.8) is 0 Å². The van der Waals surface area contributed by atoms with E-state index in [0.717, 1.165) is 27.7 Å². The van der Waals surface area contributed by atoms with Crippen molar-refractivity contribution in [2.75, 3.05) is 0 Å². The zero-order valence-electron chi connectivity index (χ0n) is 13.3. The molecule has 0 saturated heterocycles. The summed E-state index contributed by atoms with van der Waals surface area (Å²) in [5.74, 6) is 0. The second-order valence-electron chi connectivity index (χ2n) is 5.58. The summed E-state index contributed by atoms with van der Waals surface area (Å²) >= 11 is 0. The van der Waals surface area contributed by atoms with E-state index in [0.29, 0.717) is 5.69 Å². The molecule has 5 nitrogen and oxygen atoms in total. The average molecular weight is 307 g/mol. The lowest BCUT2D eigenvalue weighted by molar-refractivity contribution is -0.384. The highest BCUT2D eigenvalue weighted by Crippen LogP contribution is 2.29. The van der Waals surface area contributed by atoms with Crippen LogP contribution in [0.2, 0.25) is 0 Å². The maximum atomic E-state index is 11.2. The molecule has 0 N–H and O–H groups in total. The Labute approximate surface area is 134 Å². The number of hydrogen-bond acceptors (Lipinski definition) is 3. The standard InChI is InChI=1S/C18H17N3O2/c1-12-8-9-16(18(10-12)21(22)23)19-11-15-13(2)20(3)17-7-5-4-6-14(15)17/h4-11H,1-3H3. The van der Waals surface area contributed by atoms with Crippen molar-refractivity contribution in [2.45, 2.75) is 13.8 Å². The lowest BCUT2D eigenvalue weighted by atomic mass is 10.1. The highest BCUT2D eigenvalue weighted by atomic mass is 16.6. The van der Waals surface area contributed by atoms with E-state index >= 15 is 0 Å². The minimum absolute atomic E-state index is 0.0270.